The number of esters is 1. The van der Waals surface area contributed by atoms with Gasteiger partial charge in [0.1, 0.15) is 0 Å². The second kappa shape index (κ2) is 72.6. The molecule has 0 spiro atoms. The molecule has 0 aliphatic carbocycles. The molecule has 0 radical (unpaired) electrons. The van der Waals surface area contributed by atoms with E-state index in [0.29, 0.717) is 25.9 Å². The van der Waals surface area contributed by atoms with Crippen LogP contribution in [0.1, 0.15) is 418 Å². The molecule has 6 heteroatoms. The Bertz CT molecular complexity index is 1340. The largest absolute Gasteiger partial charge is 0.466 e. The molecule has 0 aliphatic heterocycles. The Morgan fingerprint density at radius 1 is 0.337 bits per heavy atom. The van der Waals surface area contributed by atoms with Gasteiger partial charge in [0.15, 0.2) is 0 Å². The van der Waals surface area contributed by atoms with Crippen molar-refractivity contribution in [3.8, 4) is 0 Å². The Morgan fingerprint density at radius 2 is 0.602 bits per heavy atom. The molecule has 83 heavy (non-hydrogen) atoms. The van der Waals surface area contributed by atoms with Gasteiger partial charge in [0.2, 0.25) is 5.91 Å². The zero-order valence-corrected chi connectivity index (χ0v) is 56.2. The number of rotatable bonds is 71. The van der Waals surface area contributed by atoms with Crippen LogP contribution in [0.3, 0.4) is 0 Å². The highest BCUT2D eigenvalue weighted by atomic mass is 16.5. The molecule has 490 valence electrons. The van der Waals surface area contributed by atoms with Crippen LogP contribution in [0.15, 0.2) is 36.5 Å². The molecule has 0 aliphatic rings. The smallest absolute Gasteiger partial charge is 0.305 e. The van der Waals surface area contributed by atoms with Crippen LogP contribution in [0.2, 0.25) is 0 Å². The Balaban J connectivity index is 3.31. The van der Waals surface area contributed by atoms with Gasteiger partial charge < -0.3 is 20.3 Å². The summed E-state index contributed by atoms with van der Waals surface area (Å²) in [5.41, 5.74) is 0. The van der Waals surface area contributed by atoms with E-state index in [0.717, 1.165) is 51.4 Å². The first-order valence-electron chi connectivity index (χ1n) is 37.7. The molecule has 1 amide bonds. The lowest BCUT2D eigenvalue weighted by atomic mass is 10.0. The molecule has 3 N–H and O–H groups in total. The third-order valence-corrected chi connectivity index (χ3v) is 17.7. The monoisotopic (exact) mass is 1170 g/mol. The number of allylic oxidation sites excluding steroid dienone is 6. The Morgan fingerprint density at radius 3 is 0.952 bits per heavy atom. The summed E-state index contributed by atoms with van der Waals surface area (Å²) in [6.45, 7) is 4.95. The standard InChI is InChI=1S/C77H147NO5/c1-3-5-7-9-11-13-15-17-18-40-44-47-51-55-59-63-67-71-77(82)83-72-68-64-60-56-52-48-45-42-39-37-35-33-31-29-27-25-23-21-19-20-22-24-26-28-30-32-34-36-38-41-43-46-50-54-58-62-66-70-76(81)78-74(73-79)75(80)69-65-61-57-53-49-16-14-12-10-8-6-4-2/h11,13,17-19,21,74-75,79-80H,3-10,12,14-16,20,22-73H2,1-2H3,(H,78,81)/b13-11-,18-17-,21-19-. The minimum absolute atomic E-state index is 0.0141. The number of nitrogens with one attached hydrogen (secondary N) is 1. The predicted molar refractivity (Wildman–Crippen MR) is 366 cm³/mol. The molecule has 0 bridgehead atoms. The van der Waals surface area contributed by atoms with Crippen LogP contribution in [0.5, 0.6) is 0 Å². The maximum atomic E-state index is 12.5. The van der Waals surface area contributed by atoms with E-state index < -0.39 is 12.1 Å². The molecular weight excluding hydrogens is 1020 g/mol. The molecule has 2 unspecified atom stereocenters. The van der Waals surface area contributed by atoms with Gasteiger partial charge in [0, 0.05) is 12.8 Å². The highest BCUT2D eigenvalue weighted by molar-refractivity contribution is 5.76. The number of ether oxygens (including phenoxy) is 1. The second-order valence-corrected chi connectivity index (χ2v) is 26.0. The van der Waals surface area contributed by atoms with Crippen LogP contribution in [-0.2, 0) is 14.3 Å². The lowest BCUT2D eigenvalue weighted by molar-refractivity contribution is -0.143. The van der Waals surface area contributed by atoms with Gasteiger partial charge >= 0.3 is 5.97 Å². The maximum absolute atomic E-state index is 12.5. The number of carbonyl (C=O) groups is 2. The Kier molecular flexibility index (Phi) is 70.9. The number of aliphatic hydroxyl groups excluding tert-OH is 2. The summed E-state index contributed by atoms with van der Waals surface area (Å²) in [4.78, 5) is 24.6. The van der Waals surface area contributed by atoms with Crippen LogP contribution in [0.25, 0.3) is 0 Å². The molecule has 0 saturated carbocycles. The fourth-order valence-corrected chi connectivity index (χ4v) is 11.9. The first-order chi connectivity index (χ1) is 41.0. The Hall–Kier alpha value is -1.92. The second-order valence-electron chi connectivity index (χ2n) is 26.0. The fourth-order valence-electron chi connectivity index (χ4n) is 11.9. The molecule has 0 aromatic rings. The van der Waals surface area contributed by atoms with Crippen molar-refractivity contribution in [2.24, 2.45) is 0 Å². The lowest BCUT2D eigenvalue weighted by Crippen LogP contribution is -2.45. The molecule has 6 nitrogen and oxygen atoms in total. The molecule has 0 rings (SSSR count). The molecule has 0 heterocycles. The summed E-state index contributed by atoms with van der Waals surface area (Å²) in [5, 5.41) is 23.3. The fraction of sp³-hybridized carbons (Fsp3) is 0.896. The van der Waals surface area contributed by atoms with E-state index >= 15 is 0 Å². The molecule has 0 aromatic carbocycles. The number of amides is 1. The van der Waals surface area contributed by atoms with E-state index in [-0.39, 0.29) is 18.5 Å². The first-order valence-corrected chi connectivity index (χ1v) is 37.7. The van der Waals surface area contributed by atoms with Crippen molar-refractivity contribution in [3.05, 3.63) is 36.5 Å². The van der Waals surface area contributed by atoms with Crippen molar-refractivity contribution in [2.75, 3.05) is 13.2 Å². The van der Waals surface area contributed by atoms with Gasteiger partial charge in [-0.05, 0) is 83.5 Å². The summed E-state index contributed by atoms with van der Waals surface area (Å²) in [5.74, 6) is -0.0153. The minimum Gasteiger partial charge on any atom is -0.466 e. The van der Waals surface area contributed by atoms with E-state index in [1.807, 2.05) is 0 Å². The maximum Gasteiger partial charge on any atom is 0.305 e. The van der Waals surface area contributed by atoms with Crippen LogP contribution in [-0.4, -0.2) is 47.4 Å². The third kappa shape index (κ3) is 69.1. The number of unbranched alkanes of at least 4 members (excludes halogenated alkanes) is 54. The zero-order valence-electron chi connectivity index (χ0n) is 56.2. The van der Waals surface area contributed by atoms with Crippen molar-refractivity contribution in [3.63, 3.8) is 0 Å². The molecule has 0 saturated heterocycles. The van der Waals surface area contributed by atoms with Gasteiger partial charge in [-0.25, -0.2) is 0 Å². The Labute approximate surface area is 519 Å². The van der Waals surface area contributed by atoms with Crippen molar-refractivity contribution in [2.45, 2.75) is 431 Å². The lowest BCUT2D eigenvalue weighted by Gasteiger charge is -2.22. The topological polar surface area (TPSA) is 95.9 Å². The SMILES string of the molecule is CCCCC/C=C\C/C=C\CCCCCCCCCC(=O)OCCCCCCCCCCCCCCCCCC/C=C\CCCCCCCCCCCCCCCCCCCC(=O)NC(CO)C(O)CCCCCCCCCCCCCC. The molecule has 0 aromatic heterocycles. The van der Waals surface area contributed by atoms with Crippen molar-refractivity contribution < 1.29 is 24.5 Å². The van der Waals surface area contributed by atoms with E-state index in [1.54, 1.807) is 0 Å². The van der Waals surface area contributed by atoms with Gasteiger partial charge in [-0.2, -0.15) is 0 Å². The van der Waals surface area contributed by atoms with E-state index in [2.05, 4.69) is 55.6 Å². The average molecular weight is 1170 g/mol. The summed E-state index contributed by atoms with van der Waals surface area (Å²) < 4.78 is 5.50. The first kappa shape index (κ1) is 81.1. The minimum atomic E-state index is -0.660. The number of aliphatic hydroxyl groups is 2. The highest BCUT2D eigenvalue weighted by Crippen LogP contribution is 2.19. The highest BCUT2D eigenvalue weighted by Gasteiger charge is 2.20. The van der Waals surface area contributed by atoms with Crippen molar-refractivity contribution in [1.29, 1.82) is 0 Å². The third-order valence-electron chi connectivity index (χ3n) is 17.7. The van der Waals surface area contributed by atoms with Crippen LogP contribution in [0.4, 0.5) is 0 Å². The summed E-state index contributed by atoms with van der Waals surface area (Å²) in [7, 11) is 0. The van der Waals surface area contributed by atoms with E-state index in [9.17, 15) is 19.8 Å². The summed E-state index contributed by atoms with van der Waals surface area (Å²) in [6.07, 6.45) is 93.7. The van der Waals surface area contributed by atoms with Crippen LogP contribution in [0, 0.1) is 0 Å². The van der Waals surface area contributed by atoms with Gasteiger partial charge in [-0.3, -0.25) is 9.59 Å². The van der Waals surface area contributed by atoms with Crippen LogP contribution >= 0.6 is 0 Å². The van der Waals surface area contributed by atoms with E-state index in [4.69, 9.17) is 4.74 Å². The average Bonchev–Trinajstić information content (AvgIpc) is 3.49. The van der Waals surface area contributed by atoms with Gasteiger partial charge in [0.25, 0.3) is 0 Å². The van der Waals surface area contributed by atoms with Gasteiger partial charge in [-0.15, -0.1) is 0 Å². The summed E-state index contributed by atoms with van der Waals surface area (Å²) >= 11 is 0. The van der Waals surface area contributed by atoms with Crippen molar-refractivity contribution >= 4 is 11.9 Å². The molecule has 2 atom stereocenters. The zero-order chi connectivity index (χ0) is 59.9. The van der Waals surface area contributed by atoms with Gasteiger partial charge in [0.05, 0.1) is 25.4 Å². The van der Waals surface area contributed by atoms with Gasteiger partial charge in [-0.1, -0.05) is 359 Å². The number of carbonyl (C=O) groups excluding carboxylic acids is 2. The number of hydrogen-bond donors (Lipinski definition) is 3. The molecule has 0 fully saturated rings. The molecular formula is C77H147NO5. The number of hydrogen-bond acceptors (Lipinski definition) is 5. The summed E-state index contributed by atoms with van der Waals surface area (Å²) in [6, 6.07) is -0.537. The predicted octanol–water partition coefficient (Wildman–Crippen LogP) is 24.7. The normalized spacial score (nSPS) is 12.7. The van der Waals surface area contributed by atoms with E-state index in [1.165, 1.54) is 334 Å². The quantitative estimate of drug-likeness (QED) is 0.0320. The van der Waals surface area contributed by atoms with Crippen molar-refractivity contribution in [1.82, 2.24) is 5.32 Å². The van der Waals surface area contributed by atoms with Crippen LogP contribution < -0.4 is 5.32 Å².